The molecule has 0 aliphatic heterocycles. The van der Waals surface area contributed by atoms with Gasteiger partial charge in [0.25, 0.3) is 0 Å². The maximum atomic E-state index is 11.9. The van der Waals surface area contributed by atoms with Gasteiger partial charge in [-0.15, -0.1) is 0 Å². The molecule has 2 saturated carbocycles. The van der Waals surface area contributed by atoms with Crippen molar-refractivity contribution in [3.05, 3.63) is 0 Å². The number of amides is 1. The number of hydrogen-bond donors (Lipinski definition) is 2. The van der Waals surface area contributed by atoms with Gasteiger partial charge in [-0.1, -0.05) is 19.8 Å². The molecular weight excluding hydrogens is 264 g/mol. The van der Waals surface area contributed by atoms with Crippen molar-refractivity contribution in [2.24, 2.45) is 11.8 Å². The topological polar surface area (TPSA) is 50.4 Å². The number of hydrogen-bond acceptors (Lipinski definition) is 3. The van der Waals surface area contributed by atoms with E-state index in [0.29, 0.717) is 12.0 Å². The molecule has 0 aromatic carbocycles. The molecule has 122 valence electrons. The van der Waals surface area contributed by atoms with E-state index in [-0.39, 0.29) is 12.1 Å². The van der Waals surface area contributed by atoms with Crippen LogP contribution in [-0.2, 0) is 4.74 Å². The van der Waals surface area contributed by atoms with Crippen molar-refractivity contribution in [3.63, 3.8) is 0 Å². The van der Waals surface area contributed by atoms with Crippen molar-refractivity contribution in [3.8, 4) is 0 Å². The van der Waals surface area contributed by atoms with Crippen molar-refractivity contribution in [2.75, 3.05) is 6.54 Å². The largest absolute Gasteiger partial charge is 0.444 e. The third-order valence-corrected chi connectivity index (χ3v) is 4.46. The molecule has 2 rings (SSSR count). The zero-order chi connectivity index (χ0) is 15.5. The highest BCUT2D eigenvalue weighted by atomic mass is 16.6. The number of carbonyl (C=O) groups excluding carboxylic acids is 1. The lowest BCUT2D eigenvalue weighted by molar-refractivity contribution is 0.0496. The van der Waals surface area contributed by atoms with Crippen LogP contribution in [0.25, 0.3) is 0 Å². The van der Waals surface area contributed by atoms with Crippen molar-refractivity contribution < 1.29 is 9.53 Å². The van der Waals surface area contributed by atoms with E-state index in [1.807, 2.05) is 20.8 Å². The summed E-state index contributed by atoms with van der Waals surface area (Å²) in [6, 6.07) is 0.840. The monoisotopic (exact) mass is 296 g/mol. The van der Waals surface area contributed by atoms with Gasteiger partial charge in [0.05, 0.1) is 0 Å². The van der Waals surface area contributed by atoms with Gasteiger partial charge in [0.2, 0.25) is 0 Å². The summed E-state index contributed by atoms with van der Waals surface area (Å²) < 4.78 is 5.38. The minimum Gasteiger partial charge on any atom is -0.444 e. The van der Waals surface area contributed by atoms with Gasteiger partial charge in [-0.05, 0) is 58.3 Å². The maximum Gasteiger partial charge on any atom is 0.407 e. The first kappa shape index (κ1) is 16.6. The molecule has 2 aliphatic rings. The molecule has 21 heavy (non-hydrogen) atoms. The van der Waals surface area contributed by atoms with Gasteiger partial charge in [0, 0.05) is 18.6 Å². The normalized spacial score (nSPS) is 28.0. The van der Waals surface area contributed by atoms with Gasteiger partial charge >= 0.3 is 6.09 Å². The quantitative estimate of drug-likeness (QED) is 0.817. The van der Waals surface area contributed by atoms with E-state index in [0.717, 1.165) is 12.5 Å². The Labute approximate surface area is 129 Å². The molecule has 0 bridgehead atoms. The van der Waals surface area contributed by atoms with Crippen LogP contribution >= 0.6 is 0 Å². The van der Waals surface area contributed by atoms with Crippen molar-refractivity contribution in [1.82, 2.24) is 10.6 Å². The molecule has 0 aromatic rings. The Morgan fingerprint density at radius 1 is 1.24 bits per heavy atom. The van der Waals surface area contributed by atoms with Gasteiger partial charge in [-0.25, -0.2) is 4.79 Å². The highest BCUT2D eigenvalue weighted by molar-refractivity contribution is 5.68. The zero-order valence-corrected chi connectivity index (χ0v) is 14.1. The highest BCUT2D eigenvalue weighted by Gasteiger charge is 2.33. The fourth-order valence-electron chi connectivity index (χ4n) is 3.21. The summed E-state index contributed by atoms with van der Waals surface area (Å²) in [4.78, 5) is 11.9. The predicted octanol–water partition coefficient (Wildman–Crippen LogP) is 3.46. The summed E-state index contributed by atoms with van der Waals surface area (Å²) in [5.74, 6) is 1.46. The number of ether oxygens (including phenoxy) is 1. The molecule has 0 saturated heterocycles. The summed E-state index contributed by atoms with van der Waals surface area (Å²) in [5, 5.41) is 6.73. The predicted molar refractivity (Wildman–Crippen MR) is 85.3 cm³/mol. The molecule has 3 unspecified atom stereocenters. The molecule has 4 heteroatoms. The Bertz CT molecular complexity index is 347. The Kier molecular flexibility index (Phi) is 5.53. The summed E-state index contributed by atoms with van der Waals surface area (Å²) in [6.45, 7) is 8.92. The number of nitrogens with one attached hydrogen (secondary N) is 2. The Hall–Kier alpha value is -0.770. The van der Waals surface area contributed by atoms with Crippen LogP contribution in [0, 0.1) is 11.8 Å². The van der Waals surface area contributed by atoms with E-state index >= 15 is 0 Å². The van der Waals surface area contributed by atoms with Crippen LogP contribution < -0.4 is 10.6 Å². The van der Waals surface area contributed by atoms with Crippen LogP contribution in [0.2, 0.25) is 0 Å². The van der Waals surface area contributed by atoms with E-state index in [1.165, 1.54) is 38.5 Å². The molecule has 0 radical (unpaired) electrons. The average molecular weight is 296 g/mol. The molecule has 2 aliphatic carbocycles. The fourth-order valence-corrected chi connectivity index (χ4v) is 3.21. The van der Waals surface area contributed by atoms with E-state index in [1.54, 1.807) is 0 Å². The molecule has 0 spiro atoms. The second-order valence-electron chi connectivity index (χ2n) is 7.97. The molecule has 0 heterocycles. The lowest BCUT2D eigenvalue weighted by Crippen LogP contribution is -2.48. The first-order valence-corrected chi connectivity index (χ1v) is 8.56. The van der Waals surface area contributed by atoms with E-state index < -0.39 is 5.60 Å². The Balaban J connectivity index is 1.75. The van der Waals surface area contributed by atoms with Crippen LogP contribution in [0.3, 0.4) is 0 Å². The molecule has 3 atom stereocenters. The van der Waals surface area contributed by atoms with Crippen LogP contribution in [-0.4, -0.2) is 30.3 Å². The van der Waals surface area contributed by atoms with Crippen molar-refractivity contribution in [1.29, 1.82) is 0 Å². The number of alkyl carbamates (subject to hydrolysis) is 1. The number of carbonyl (C=O) groups is 1. The summed E-state index contributed by atoms with van der Waals surface area (Å²) in [6.07, 6.45) is 7.40. The average Bonchev–Trinajstić information content (AvgIpc) is 3.16. The minimum atomic E-state index is -0.426. The Morgan fingerprint density at radius 2 is 1.95 bits per heavy atom. The number of rotatable bonds is 5. The fraction of sp³-hybridized carbons (Fsp3) is 0.941. The van der Waals surface area contributed by atoms with Gasteiger partial charge in [-0.3, -0.25) is 0 Å². The summed E-state index contributed by atoms with van der Waals surface area (Å²) in [7, 11) is 0. The second-order valence-corrected chi connectivity index (χ2v) is 7.97. The van der Waals surface area contributed by atoms with Gasteiger partial charge < -0.3 is 15.4 Å². The van der Waals surface area contributed by atoms with E-state index in [4.69, 9.17) is 4.74 Å². The zero-order valence-electron chi connectivity index (χ0n) is 14.1. The Morgan fingerprint density at radius 3 is 2.52 bits per heavy atom. The summed E-state index contributed by atoms with van der Waals surface area (Å²) >= 11 is 0. The summed E-state index contributed by atoms with van der Waals surface area (Å²) in [5.41, 5.74) is -0.426. The lowest BCUT2D eigenvalue weighted by Gasteiger charge is -2.30. The van der Waals surface area contributed by atoms with Gasteiger partial charge in [0.1, 0.15) is 5.60 Å². The third-order valence-electron chi connectivity index (χ3n) is 4.46. The van der Waals surface area contributed by atoms with Crippen molar-refractivity contribution >= 4 is 6.09 Å². The van der Waals surface area contributed by atoms with Gasteiger partial charge in [0.15, 0.2) is 0 Å². The highest BCUT2D eigenvalue weighted by Crippen LogP contribution is 2.33. The minimum absolute atomic E-state index is 0.220. The first-order chi connectivity index (χ1) is 9.83. The van der Waals surface area contributed by atoms with Crippen LogP contribution in [0.4, 0.5) is 4.79 Å². The maximum absolute atomic E-state index is 11.9. The second kappa shape index (κ2) is 6.99. The molecule has 0 aromatic heterocycles. The van der Waals surface area contributed by atoms with E-state index in [2.05, 4.69) is 17.6 Å². The first-order valence-electron chi connectivity index (χ1n) is 8.56. The molecule has 2 N–H and O–H groups in total. The van der Waals surface area contributed by atoms with Crippen LogP contribution in [0.5, 0.6) is 0 Å². The van der Waals surface area contributed by atoms with Crippen LogP contribution in [0.15, 0.2) is 0 Å². The van der Waals surface area contributed by atoms with E-state index in [9.17, 15) is 4.79 Å². The smallest absolute Gasteiger partial charge is 0.407 e. The third kappa shape index (κ3) is 6.25. The molecule has 2 fully saturated rings. The SMILES string of the molecule is CC1CCCC(NCC(NC(=O)OC(C)(C)C)C2CC2)C1. The van der Waals surface area contributed by atoms with Gasteiger partial charge in [-0.2, -0.15) is 0 Å². The standard InChI is InChI=1S/C17H32N2O2/c1-12-6-5-7-14(10-12)18-11-15(13-8-9-13)19-16(20)21-17(2,3)4/h12-15,18H,5-11H2,1-4H3,(H,19,20). The lowest BCUT2D eigenvalue weighted by atomic mass is 9.87. The molecular formula is C17H32N2O2. The molecule has 1 amide bonds. The molecule has 4 nitrogen and oxygen atoms in total. The van der Waals surface area contributed by atoms with Crippen LogP contribution in [0.1, 0.15) is 66.2 Å². The van der Waals surface area contributed by atoms with Crippen molar-refractivity contribution in [2.45, 2.75) is 83.9 Å².